The molecular formula is C12H9F4N3. The highest BCUT2D eigenvalue weighted by Gasteiger charge is 2.35. The van der Waals surface area contributed by atoms with Crippen molar-refractivity contribution in [2.75, 3.05) is 5.73 Å². The number of nitrogens with zero attached hydrogens (tertiary/aromatic N) is 2. The van der Waals surface area contributed by atoms with Crippen molar-refractivity contribution in [2.24, 2.45) is 0 Å². The fraction of sp³-hybridized carbons (Fsp3) is 0.167. The number of nitrogens with two attached hydrogens (primary N) is 1. The number of aromatic nitrogens is 2. The van der Waals surface area contributed by atoms with Crippen molar-refractivity contribution in [1.82, 2.24) is 9.97 Å². The molecule has 0 atom stereocenters. The molecule has 19 heavy (non-hydrogen) atoms. The average Bonchev–Trinajstić information content (AvgIpc) is 2.28. The van der Waals surface area contributed by atoms with Crippen molar-refractivity contribution in [2.45, 2.75) is 13.1 Å². The van der Waals surface area contributed by atoms with E-state index in [2.05, 4.69) is 9.97 Å². The second-order valence-electron chi connectivity index (χ2n) is 3.89. The molecule has 0 spiro atoms. The molecule has 0 bridgehead atoms. The molecule has 0 amide bonds. The summed E-state index contributed by atoms with van der Waals surface area (Å²) < 4.78 is 52.5. The molecule has 2 aromatic heterocycles. The van der Waals surface area contributed by atoms with Gasteiger partial charge in [0, 0.05) is 23.0 Å². The van der Waals surface area contributed by atoms with Gasteiger partial charge in [-0.1, -0.05) is 0 Å². The monoisotopic (exact) mass is 271 g/mol. The van der Waals surface area contributed by atoms with Crippen LogP contribution >= 0.6 is 0 Å². The predicted octanol–water partition coefficient (Wildman–Crippen LogP) is 3.19. The maximum absolute atomic E-state index is 13.7. The Kier molecular flexibility index (Phi) is 3.13. The quantitative estimate of drug-likeness (QED) is 0.640. The number of aryl methyl sites for hydroxylation is 1. The van der Waals surface area contributed by atoms with Crippen LogP contribution in [-0.2, 0) is 6.18 Å². The smallest absolute Gasteiger partial charge is 0.384 e. The molecule has 7 heteroatoms. The minimum Gasteiger partial charge on any atom is -0.384 e. The highest BCUT2D eigenvalue weighted by molar-refractivity contribution is 5.70. The third-order valence-corrected chi connectivity index (χ3v) is 2.59. The normalized spacial score (nSPS) is 11.6. The molecule has 2 aromatic rings. The summed E-state index contributed by atoms with van der Waals surface area (Å²) in [7, 11) is 0. The molecule has 3 nitrogen and oxygen atoms in total. The maximum Gasteiger partial charge on any atom is 0.417 e. The number of pyridine rings is 2. The van der Waals surface area contributed by atoms with E-state index in [9.17, 15) is 17.6 Å². The van der Waals surface area contributed by atoms with Crippen LogP contribution in [0.1, 0.15) is 11.3 Å². The number of hydrogen-bond donors (Lipinski definition) is 1. The maximum atomic E-state index is 13.7. The molecule has 2 heterocycles. The number of rotatable bonds is 1. The summed E-state index contributed by atoms with van der Waals surface area (Å²) in [5.41, 5.74) is 3.80. The highest BCUT2D eigenvalue weighted by atomic mass is 19.4. The van der Waals surface area contributed by atoms with Crippen LogP contribution < -0.4 is 5.73 Å². The van der Waals surface area contributed by atoms with Gasteiger partial charge in [-0.2, -0.15) is 17.6 Å². The van der Waals surface area contributed by atoms with Crippen molar-refractivity contribution in [3.05, 3.63) is 41.6 Å². The van der Waals surface area contributed by atoms with E-state index in [1.165, 1.54) is 13.0 Å². The van der Waals surface area contributed by atoms with E-state index >= 15 is 0 Å². The molecule has 2 rings (SSSR count). The van der Waals surface area contributed by atoms with Gasteiger partial charge in [-0.05, 0) is 25.1 Å². The van der Waals surface area contributed by atoms with Gasteiger partial charge in [0.2, 0.25) is 5.95 Å². The van der Waals surface area contributed by atoms with Gasteiger partial charge < -0.3 is 5.73 Å². The van der Waals surface area contributed by atoms with Gasteiger partial charge in [0.1, 0.15) is 5.82 Å². The topological polar surface area (TPSA) is 51.8 Å². The summed E-state index contributed by atoms with van der Waals surface area (Å²) in [4.78, 5) is 7.10. The van der Waals surface area contributed by atoms with Crippen molar-refractivity contribution in [1.29, 1.82) is 0 Å². The molecule has 2 N–H and O–H groups in total. The van der Waals surface area contributed by atoms with E-state index in [0.717, 1.165) is 18.3 Å². The Labute approximate surface area is 106 Å². The highest BCUT2D eigenvalue weighted by Crippen LogP contribution is 2.38. The van der Waals surface area contributed by atoms with E-state index in [-0.39, 0.29) is 22.6 Å². The van der Waals surface area contributed by atoms with Gasteiger partial charge in [-0.15, -0.1) is 0 Å². The van der Waals surface area contributed by atoms with Crippen LogP contribution in [0.3, 0.4) is 0 Å². The van der Waals surface area contributed by atoms with Gasteiger partial charge in [0.25, 0.3) is 0 Å². The number of nitrogen functional groups attached to an aromatic ring is 1. The second-order valence-corrected chi connectivity index (χ2v) is 3.89. The van der Waals surface area contributed by atoms with E-state index in [1.54, 1.807) is 0 Å². The Morgan fingerprint density at radius 2 is 1.84 bits per heavy atom. The Balaban J connectivity index is 2.74. The summed E-state index contributed by atoms with van der Waals surface area (Å²) in [6.07, 6.45) is -3.57. The minimum absolute atomic E-state index is 0.0697. The van der Waals surface area contributed by atoms with Crippen LogP contribution in [0.25, 0.3) is 11.1 Å². The fourth-order valence-electron chi connectivity index (χ4n) is 1.78. The SMILES string of the molecule is Cc1nccc(C(F)(F)F)c1-c1ccc(N)nc1F. The molecule has 0 aliphatic rings. The molecule has 0 saturated heterocycles. The lowest BCUT2D eigenvalue weighted by Gasteiger charge is -2.15. The van der Waals surface area contributed by atoms with Gasteiger partial charge in [0.05, 0.1) is 5.56 Å². The lowest BCUT2D eigenvalue weighted by atomic mass is 9.99. The van der Waals surface area contributed by atoms with Crippen molar-refractivity contribution in [3.8, 4) is 11.1 Å². The second kappa shape index (κ2) is 4.49. The van der Waals surface area contributed by atoms with E-state index in [4.69, 9.17) is 5.73 Å². The third-order valence-electron chi connectivity index (χ3n) is 2.59. The van der Waals surface area contributed by atoms with E-state index in [0.29, 0.717) is 0 Å². The predicted molar refractivity (Wildman–Crippen MR) is 61.6 cm³/mol. The number of halogens is 4. The van der Waals surface area contributed by atoms with Crippen LogP contribution in [-0.4, -0.2) is 9.97 Å². The van der Waals surface area contributed by atoms with Gasteiger partial charge in [-0.3, -0.25) is 4.98 Å². The average molecular weight is 271 g/mol. The first kappa shape index (κ1) is 13.3. The van der Waals surface area contributed by atoms with E-state index < -0.39 is 17.7 Å². The molecule has 0 fully saturated rings. The van der Waals surface area contributed by atoms with Crippen LogP contribution in [0, 0.1) is 12.9 Å². The molecule has 0 radical (unpaired) electrons. The Morgan fingerprint density at radius 3 is 2.42 bits per heavy atom. The van der Waals surface area contributed by atoms with Gasteiger partial charge >= 0.3 is 6.18 Å². The largest absolute Gasteiger partial charge is 0.417 e. The number of anilines is 1. The van der Waals surface area contributed by atoms with Crippen LogP contribution in [0.15, 0.2) is 24.4 Å². The summed E-state index contributed by atoms with van der Waals surface area (Å²) in [5.74, 6) is -1.15. The molecule has 0 aromatic carbocycles. The summed E-state index contributed by atoms with van der Waals surface area (Å²) in [6, 6.07) is 3.21. The van der Waals surface area contributed by atoms with Crippen LogP contribution in [0.2, 0.25) is 0 Å². The molecular weight excluding hydrogens is 262 g/mol. The Bertz CT molecular complexity index is 623. The van der Waals surface area contributed by atoms with Crippen molar-refractivity contribution in [3.63, 3.8) is 0 Å². The molecule has 0 aliphatic carbocycles. The first-order valence-electron chi connectivity index (χ1n) is 5.26. The Hall–Kier alpha value is -2.18. The first-order valence-corrected chi connectivity index (χ1v) is 5.26. The van der Waals surface area contributed by atoms with Crippen LogP contribution in [0.5, 0.6) is 0 Å². The van der Waals surface area contributed by atoms with Gasteiger partial charge in [-0.25, -0.2) is 4.98 Å². The van der Waals surface area contributed by atoms with E-state index in [1.807, 2.05) is 0 Å². The van der Waals surface area contributed by atoms with Crippen LogP contribution in [0.4, 0.5) is 23.4 Å². The molecule has 0 unspecified atom stereocenters. The zero-order chi connectivity index (χ0) is 14.2. The first-order chi connectivity index (χ1) is 8.80. The number of hydrogen-bond acceptors (Lipinski definition) is 3. The molecule has 0 aliphatic heterocycles. The Morgan fingerprint density at radius 1 is 1.16 bits per heavy atom. The standard InChI is InChI=1S/C12H9F4N3/c1-6-10(7-2-3-9(17)19-11(7)13)8(4-5-18-6)12(14,15)16/h2-5H,1H3,(H2,17,19). The zero-order valence-electron chi connectivity index (χ0n) is 9.79. The fourth-order valence-corrected chi connectivity index (χ4v) is 1.78. The lowest BCUT2D eigenvalue weighted by molar-refractivity contribution is -0.137. The zero-order valence-corrected chi connectivity index (χ0v) is 9.79. The third kappa shape index (κ3) is 2.49. The van der Waals surface area contributed by atoms with Gasteiger partial charge in [0.15, 0.2) is 0 Å². The minimum atomic E-state index is -4.60. The lowest BCUT2D eigenvalue weighted by Crippen LogP contribution is -2.10. The summed E-state index contributed by atoms with van der Waals surface area (Å²) in [6.45, 7) is 1.38. The summed E-state index contributed by atoms with van der Waals surface area (Å²) >= 11 is 0. The van der Waals surface area contributed by atoms with Crippen molar-refractivity contribution >= 4 is 5.82 Å². The summed E-state index contributed by atoms with van der Waals surface area (Å²) in [5, 5.41) is 0. The number of alkyl halides is 3. The molecule has 0 saturated carbocycles. The molecule has 100 valence electrons. The van der Waals surface area contributed by atoms with Crippen molar-refractivity contribution < 1.29 is 17.6 Å².